The van der Waals surface area contributed by atoms with Crippen molar-refractivity contribution in [1.82, 2.24) is 25.1 Å². The van der Waals surface area contributed by atoms with Crippen molar-refractivity contribution >= 4 is 28.6 Å². The van der Waals surface area contributed by atoms with Crippen molar-refractivity contribution in [3.05, 3.63) is 83.9 Å². The largest absolute Gasteiger partial charge is 0.340 e. The molecule has 2 aliphatic rings. The van der Waals surface area contributed by atoms with Gasteiger partial charge in [-0.2, -0.15) is 5.01 Å². The van der Waals surface area contributed by atoms with Gasteiger partial charge in [0.1, 0.15) is 12.2 Å². The average Bonchev–Trinajstić information content (AvgIpc) is 3.20. The van der Waals surface area contributed by atoms with E-state index in [1.54, 1.807) is 17.0 Å². The van der Waals surface area contributed by atoms with Crippen molar-refractivity contribution in [2.75, 3.05) is 20.1 Å². The Kier molecular flexibility index (Phi) is 6.36. The Balaban J connectivity index is 1.57. The summed E-state index contributed by atoms with van der Waals surface area (Å²) in [6.45, 7) is 4.59. The monoisotopic (exact) mass is 485 g/mol. The average molecular weight is 486 g/mol. The van der Waals surface area contributed by atoms with Gasteiger partial charge in [-0.3, -0.25) is 14.6 Å². The normalized spacial score (nSPS) is 20.2. The Labute approximate surface area is 211 Å². The molecule has 0 aliphatic carbocycles. The van der Waals surface area contributed by atoms with Crippen molar-refractivity contribution in [3.63, 3.8) is 0 Å². The highest BCUT2D eigenvalue weighted by atomic mass is 16.2. The standard InChI is InChI=1S/C28H31N5O3/c1-19(2)33(28(36)29-3)31-18-25(34)32-24(31)17-30(27(35)26(32)21-11-5-4-6-12-21)16-22-14-9-13-20-10-7-8-15-23(20)22/h4-15,19,24,26H,16-18H2,1-3H3,(H,29,36)/t24-,26+/m1/s1. The van der Waals surface area contributed by atoms with Crippen LogP contribution in [0.2, 0.25) is 0 Å². The van der Waals surface area contributed by atoms with Crippen LogP contribution in [0.5, 0.6) is 0 Å². The zero-order valence-corrected chi connectivity index (χ0v) is 20.8. The van der Waals surface area contributed by atoms with E-state index < -0.39 is 12.2 Å². The summed E-state index contributed by atoms with van der Waals surface area (Å²) in [5, 5.41) is 8.31. The van der Waals surface area contributed by atoms with Crippen molar-refractivity contribution in [2.45, 2.75) is 38.6 Å². The number of carbonyl (C=O) groups is 3. The highest BCUT2D eigenvalue weighted by Crippen LogP contribution is 2.37. The van der Waals surface area contributed by atoms with Gasteiger partial charge in [0.25, 0.3) is 5.91 Å². The number of amides is 4. The third-order valence-electron chi connectivity index (χ3n) is 7.00. The molecular weight excluding hydrogens is 454 g/mol. The smallest absolute Gasteiger partial charge is 0.331 e. The zero-order chi connectivity index (χ0) is 25.4. The van der Waals surface area contributed by atoms with Crippen LogP contribution in [0.3, 0.4) is 0 Å². The van der Waals surface area contributed by atoms with Gasteiger partial charge in [0, 0.05) is 19.6 Å². The number of hydrazine groups is 1. The molecular formula is C28H31N5O3. The summed E-state index contributed by atoms with van der Waals surface area (Å²) >= 11 is 0. The molecule has 2 saturated heterocycles. The van der Waals surface area contributed by atoms with E-state index in [1.165, 1.54) is 0 Å². The maximum absolute atomic E-state index is 14.0. The van der Waals surface area contributed by atoms with Crippen LogP contribution in [0.15, 0.2) is 72.8 Å². The molecule has 3 aromatic carbocycles. The van der Waals surface area contributed by atoms with E-state index in [0.717, 1.165) is 21.9 Å². The molecule has 36 heavy (non-hydrogen) atoms. The molecule has 5 rings (SSSR count). The summed E-state index contributed by atoms with van der Waals surface area (Å²) in [4.78, 5) is 43.7. The van der Waals surface area contributed by atoms with Gasteiger partial charge in [0.05, 0.1) is 13.1 Å². The van der Waals surface area contributed by atoms with Crippen LogP contribution in [-0.4, -0.2) is 70.0 Å². The fourth-order valence-electron chi connectivity index (χ4n) is 5.41. The summed E-state index contributed by atoms with van der Waals surface area (Å²) in [6, 6.07) is 22.5. The Hall–Kier alpha value is -3.91. The Morgan fingerprint density at radius 3 is 2.42 bits per heavy atom. The molecule has 0 aromatic heterocycles. The number of nitrogens with one attached hydrogen (secondary N) is 1. The van der Waals surface area contributed by atoms with Gasteiger partial charge in [-0.25, -0.2) is 4.79 Å². The van der Waals surface area contributed by atoms with Crippen LogP contribution in [-0.2, 0) is 16.1 Å². The first kappa shape index (κ1) is 23.8. The highest BCUT2D eigenvalue weighted by Gasteiger charge is 2.53. The fourth-order valence-corrected chi connectivity index (χ4v) is 5.41. The van der Waals surface area contributed by atoms with E-state index in [9.17, 15) is 14.4 Å². The van der Waals surface area contributed by atoms with E-state index in [2.05, 4.69) is 23.5 Å². The van der Waals surface area contributed by atoms with Gasteiger partial charge in [-0.15, -0.1) is 0 Å². The van der Waals surface area contributed by atoms with Gasteiger partial charge in [-0.05, 0) is 35.7 Å². The number of rotatable bonds is 5. The second kappa shape index (κ2) is 9.62. The first-order valence-corrected chi connectivity index (χ1v) is 12.3. The predicted molar refractivity (Wildman–Crippen MR) is 137 cm³/mol. The quantitative estimate of drug-likeness (QED) is 0.601. The Bertz CT molecular complexity index is 1290. The van der Waals surface area contributed by atoms with E-state index in [0.29, 0.717) is 13.1 Å². The second-order valence-electron chi connectivity index (χ2n) is 9.54. The lowest BCUT2D eigenvalue weighted by atomic mass is 9.99. The highest BCUT2D eigenvalue weighted by molar-refractivity contribution is 5.93. The number of hydrogen-bond donors (Lipinski definition) is 1. The van der Waals surface area contributed by atoms with Crippen molar-refractivity contribution in [3.8, 4) is 0 Å². The molecule has 1 N–H and O–H groups in total. The zero-order valence-electron chi connectivity index (χ0n) is 20.8. The molecule has 0 bridgehead atoms. The summed E-state index contributed by atoms with van der Waals surface area (Å²) in [5.74, 6) is -0.279. The summed E-state index contributed by atoms with van der Waals surface area (Å²) in [7, 11) is 1.58. The number of benzene rings is 3. The van der Waals surface area contributed by atoms with Gasteiger partial charge in [-0.1, -0.05) is 72.8 Å². The molecule has 2 fully saturated rings. The molecule has 0 radical (unpaired) electrons. The Morgan fingerprint density at radius 1 is 1.00 bits per heavy atom. The van der Waals surface area contributed by atoms with Crippen molar-refractivity contribution in [2.24, 2.45) is 0 Å². The van der Waals surface area contributed by atoms with Crippen LogP contribution in [0.1, 0.15) is 31.0 Å². The number of carbonyl (C=O) groups excluding carboxylic acids is 3. The SMILES string of the molecule is CNC(=O)N(C(C)C)N1CC(=O)N2[C@@H](c3ccccc3)C(=O)N(Cc3cccc4ccccc34)C[C@@H]21. The van der Waals surface area contributed by atoms with Gasteiger partial charge in [0.15, 0.2) is 0 Å². The summed E-state index contributed by atoms with van der Waals surface area (Å²) in [6.07, 6.45) is -0.463. The lowest BCUT2D eigenvalue weighted by molar-refractivity contribution is -0.159. The number of urea groups is 1. The topological polar surface area (TPSA) is 76.2 Å². The number of fused-ring (bicyclic) bond motifs is 2. The van der Waals surface area contributed by atoms with Crippen LogP contribution >= 0.6 is 0 Å². The van der Waals surface area contributed by atoms with Crippen LogP contribution in [0, 0.1) is 0 Å². The fraction of sp³-hybridized carbons (Fsp3) is 0.321. The van der Waals surface area contributed by atoms with E-state index in [-0.39, 0.29) is 30.4 Å². The molecule has 2 heterocycles. The minimum absolute atomic E-state index is 0.0367. The molecule has 186 valence electrons. The van der Waals surface area contributed by atoms with Crippen LogP contribution in [0.25, 0.3) is 10.8 Å². The Morgan fingerprint density at radius 2 is 1.69 bits per heavy atom. The number of hydrogen-bond acceptors (Lipinski definition) is 4. The third-order valence-corrected chi connectivity index (χ3v) is 7.00. The van der Waals surface area contributed by atoms with E-state index >= 15 is 0 Å². The van der Waals surface area contributed by atoms with Crippen molar-refractivity contribution < 1.29 is 14.4 Å². The first-order chi connectivity index (χ1) is 17.4. The first-order valence-electron chi connectivity index (χ1n) is 12.3. The molecule has 0 unspecified atom stereocenters. The van der Waals surface area contributed by atoms with Gasteiger partial charge >= 0.3 is 6.03 Å². The van der Waals surface area contributed by atoms with E-state index in [4.69, 9.17) is 0 Å². The maximum atomic E-state index is 14.0. The van der Waals surface area contributed by atoms with Gasteiger partial charge < -0.3 is 15.1 Å². The molecule has 0 spiro atoms. The molecule has 3 aromatic rings. The lowest BCUT2D eigenvalue weighted by Crippen LogP contribution is -2.63. The molecule has 8 nitrogen and oxygen atoms in total. The summed E-state index contributed by atoms with van der Waals surface area (Å²) in [5.41, 5.74) is 1.81. The van der Waals surface area contributed by atoms with Crippen LogP contribution in [0.4, 0.5) is 4.79 Å². The van der Waals surface area contributed by atoms with E-state index in [1.807, 2.05) is 78.4 Å². The van der Waals surface area contributed by atoms with Crippen LogP contribution < -0.4 is 5.32 Å². The lowest BCUT2D eigenvalue weighted by Gasteiger charge is -2.47. The molecule has 4 amide bonds. The maximum Gasteiger partial charge on any atom is 0.331 e. The number of piperazine rings is 1. The predicted octanol–water partition coefficient (Wildman–Crippen LogP) is 3.36. The molecule has 8 heteroatoms. The molecule has 2 atom stereocenters. The molecule has 0 saturated carbocycles. The summed E-state index contributed by atoms with van der Waals surface area (Å²) < 4.78 is 0. The second-order valence-corrected chi connectivity index (χ2v) is 9.54. The molecule has 2 aliphatic heterocycles. The number of nitrogens with zero attached hydrogens (tertiary/aromatic N) is 4. The van der Waals surface area contributed by atoms with Gasteiger partial charge in [0.2, 0.25) is 5.91 Å². The third kappa shape index (κ3) is 4.07. The minimum Gasteiger partial charge on any atom is -0.340 e. The minimum atomic E-state index is -0.754. The van der Waals surface area contributed by atoms with Crippen molar-refractivity contribution in [1.29, 1.82) is 0 Å².